The molecule has 10 atom stereocenters. The van der Waals surface area contributed by atoms with Crippen LogP contribution in [0.5, 0.6) is 0 Å². The Kier molecular flexibility index (Phi) is 24.1. The summed E-state index contributed by atoms with van der Waals surface area (Å²) in [4.78, 5) is 115. The van der Waals surface area contributed by atoms with Crippen LogP contribution in [0.3, 0.4) is 0 Å². The van der Waals surface area contributed by atoms with Crippen LogP contribution in [0, 0.1) is 23.7 Å². The van der Waals surface area contributed by atoms with E-state index in [-0.39, 0.29) is 24.7 Å². The highest BCUT2D eigenvalue weighted by atomic mass is 16.4. The summed E-state index contributed by atoms with van der Waals surface area (Å²) in [5.41, 5.74) is 5.56. The van der Waals surface area contributed by atoms with Crippen LogP contribution >= 0.6 is 0 Å². The van der Waals surface area contributed by atoms with Crippen LogP contribution in [0.4, 0.5) is 0 Å². The van der Waals surface area contributed by atoms with E-state index in [9.17, 15) is 58.5 Å². The van der Waals surface area contributed by atoms with Crippen LogP contribution < -0.4 is 48.3 Å². The zero-order valence-corrected chi connectivity index (χ0v) is 36.1. The molecule has 0 aromatic heterocycles. The summed E-state index contributed by atoms with van der Waals surface area (Å²) in [7, 11) is 0. The van der Waals surface area contributed by atoms with Gasteiger partial charge in [0.15, 0.2) is 0 Å². The van der Waals surface area contributed by atoms with Crippen LogP contribution in [0.25, 0.3) is 0 Å². The van der Waals surface area contributed by atoms with Crippen molar-refractivity contribution in [1.29, 1.82) is 0 Å². The van der Waals surface area contributed by atoms with E-state index in [1.54, 1.807) is 55.4 Å². The molecule has 0 bridgehead atoms. The fourth-order valence-electron chi connectivity index (χ4n) is 5.46. The van der Waals surface area contributed by atoms with E-state index in [1.807, 2.05) is 0 Å². The van der Waals surface area contributed by atoms with Crippen molar-refractivity contribution in [3.05, 3.63) is 0 Å². The second kappa shape index (κ2) is 26.3. The largest absolute Gasteiger partial charge is 0.480 e. The minimum Gasteiger partial charge on any atom is -0.480 e. The maximum atomic E-state index is 13.6. The number of rotatable bonds is 26. The smallest absolute Gasteiger partial charge is 0.326 e. The number of nitrogens with one attached hydrogen (secondary N) is 8. The van der Waals surface area contributed by atoms with Gasteiger partial charge in [-0.2, -0.15) is 0 Å². The van der Waals surface area contributed by atoms with Gasteiger partial charge in [0.25, 0.3) is 0 Å². The molecular formula is C38H69N9O12. The molecule has 0 unspecified atom stereocenters. The average Bonchev–Trinajstić information content (AvgIpc) is 3.13. The second-order valence-electron chi connectivity index (χ2n) is 16.1. The van der Waals surface area contributed by atoms with Crippen molar-refractivity contribution in [2.45, 2.75) is 150 Å². The van der Waals surface area contributed by atoms with E-state index in [0.29, 0.717) is 6.42 Å². The van der Waals surface area contributed by atoms with Gasteiger partial charge in [-0.05, 0) is 57.3 Å². The van der Waals surface area contributed by atoms with Gasteiger partial charge >= 0.3 is 5.97 Å². The Morgan fingerprint density at radius 2 is 0.932 bits per heavy atom. The third kappa shape index (κ3) is 20.1. The molecule has 0 aliphatic carbocycles. The summed E-state index contributed by atoms with van der Waals surface area (Å²) < 4.78 is 0. The Balaban J connectivity index is 5.73. The molecule has 0 spiro atoms. The van der Waals surface area contributed by atoms with Crippen molar-refractivity contribution in [1.82, 2.24) is 42.5 Å². The predicted octanol–water partition coefficient (Wildman–Crippen LogP) is -2.88. The highest BCUT2D eigenvalue weighted by Crippen LogP contribution is 2.12. The summed E-state index contributed by atoms with van der Waals surface area (Å²) in [6.07, 6.45) is -1.93. The lowest BCUT2D eigenvalue weighted by Crippen LogP contribution is -2.62. The number of carboxylic acids is 1. The summed E-state index contributed by atoms with van der Waals surface area (Å²) >= 11 is 0. The first kappa shape index (κ1) is 54.1. The van der Waals surface area contributed by atoms with Crippen molar-refractivity contribution in [3.63, 3.8) is 0 Å². The number of aliphatic hydroxyl groups is 2. The lowest BCUT2D eigenvalue weighted by atomic mass is 9.96. The van der Waals surface area contributed by atoms with Gasteiger partial charge < -0.3 is 63.6 Å². The maximum Gasteiger partial charge on any atom is 0.326 e. The minimum atomic E-state index is -1.56. The van der Waals surface area contributed by atoms with Gasteiger partial charge in [-0.25, -0.2) is 4.79 Å². The van der Waals surface area contributed by atoms with Crippen molar-refractivity contribution >= 4 is 53.2 Å². The zero-order valence-electron chi connectivity index (χ0n) is 36.1. The molecule has 0 rings (SSSR count). The van der Waals surface area contributed by atoms with Crippen molar-refractivity contribution < 1.29 is 58.5 Å². The quantitative estimate of drug-likeness (QED) is 0.0417. The van der Waals surface area contributed by atoms with Crippen LogP contribution in [-0.4, -0.2) is 136 Å². The molecule has 0 radical (unpaired) electrons. The summed E-state index contributed by atoms with van der Waals surface area (Å²) in [6.45, 7) is 16.5. The SMILES string of the molecule is CC[C@H](C)[C@H](NC(=O)[C@H](CC(C)C)NC(=O)CNC(=O)[C@H](CC(C)C)NC(=O)CNC(=O)[C@H](C)NC(=O)[C@@H](N)[C@@H](C)O)C(=O)N[C@H](C(=O)N[C@H](C(=O)O)C(C)C)[C@@H](C)O. The van der Waals surface area contributed by atoms with Crippen molar-refractivity contribution in [2.75, 3.05) is 13.1 Å². The molecular weight excluding hydrogens is 774 g/mol. The van der Waals surface area contributed by atoms with Gasteiger partial charge in [-0.15, -0.1) is 0 Å². The van der Waals surface area contributed by atoms with Gasteiger partial charge in [-0.3, -0.25) is 38.4 Å². The first-order valence-corrected chi connectivity index (χ1v) is 19.9. The maximum absolute atomic E-state index is 13.6. The second-order valence-corrected chi connectivity index (χ2v) is 16.1. The van der Waals surface area contributed by atoms with E-state index >= 15 is 0 Å². The number of nitrogens with two attached hydrogens (primary N) is 1. The molecule has 338 valence electrons. The molecule has 0 aliphatic rings. The molecule has 0 heterocycles. The van der Waals surface area contributed by atoms with Crippen LogP contribution in [0.2, 0.25) is 0 Å². The van der Waals surface area contributed by atoms with E-state index in [1.165, 1.54) is 20.8 Å². The molecule has 0 saturated heterocycles. The Morgan fingerprint density at radius 3 is 1.34 bits per heavy atom. The average molecular weight is 844 g/mol. The molecule has 21 heteroatoms. The molecule has 0 aliphatic heterocycles. The Morgan fingerprint density at radius 1 is 0.508 bits per heavy atom. The fourth-order valence-corrected chi connectivity index (χ4v) is 5.46. The van der Waals surface area contributed by atoms with Crippen LogP contribution in [0.1, 0.15) is 95.4 Å². The van der Waals surface area contributed by atoms with Gasteiger partial charge in [0.2, 0.25) is 47.3 Å². The lowest BCUT2D eigenvalue weighted by molar-refractivity contribution is -0.144. The highest BCUT2D eigenvalue weighted by molar-refractivity contribution is 5.97. The predicted molar refractivity (Wildman–Crippen MR) is 215 cm³/mol. The molecule has 0 fully saturated rings. The molecule has 21 nitrogen and oxygen atoms in total. The van der Waals surface area contributed by atoms with E-state index in [2.05, 4.69) is 42.5 Å². The standard InChI is InChI=1S/C38H69N9O12/c1-12-20(8)30(36(56)47-31(23(11)49)37(57)45-29(19(6)7)38(58)59)46-34(54)25(14-18(4)5)44-27(51)16-41-33(53)24(13-17(2)3)43-26(50)15-40-32(52)21(9)42-35(55)28(39)22(10)48/h17-25,28-31,48-49H,12-16,39H2,1-11H3,(H,40,52)(H,41,53)(H,42,55)(H,43,50)(H,44,51)(H,45,57)(H,46,54)(H,47,56)(H,58,59)/t20-,21-,22+,23+,24-,25-,28-,29-,30-,31-/m0/s1. The van der Waals surface area contributed by atoms with Gasteiger partial charge in [0.1, 0.15) is 42.3 Å². The summed E-state index contributed by atoms with van der Waals surface area (Å²) in [5.74, 6) is -8.77. The van der Waals surface area contributed by atoms with Crippen LogP contribution in [0.15, 0.2) is 0 Å². The number of carbonyl (C=O) groups is 9. The number of amides is 8. The summed E-state index contributed by atoms with van der Waals surface area (Å²) in [5, 5.41) is 48.9. The van der Waals surface area contributed by atoms with Gasteiger partial charge in [0, 0.05) is 0 Å². The van der Waals surface area contributed by atoms with Crippen molar-refractivity contribution in [2.24, 2.45) is 29.4 Å². The molecule has 0 aromatic carbocycles. The number of carboxylic acid groups (broad SMARTS) is 1. The third-order valence-electron chi connectivity index (χ3n) is 9.22. The van der Waals surface area contributed by atoms with Gasteiger partial charge in [-0.1, -0.05) is 61.8 Å². The Hall–Kier alpha value is -4.89. The van der Waals surface area contributed by atoms with E-state index in [4.69, 9.17) is 5.73 Å². The van der Waals surface area contributed by atoms with E-state index in [0.717, 1.165) is 0 Å². The molecule has 13 N–H and O–H groups in total. The Bertz CT molecular complexity index is 1460. The zero-order chi connectivity index (χ0) is 45.9. The number of hydrogen-bond donors (Lipinski definition) is 12. The molecule has 59 heavy (non-hydrogen) atoms. The van der Waals surface area contributed by atoms with Crippen molar-refractivity contribution in [3.8, 4) is 0 Å². The molecule has 0 saturated carbocycles. The normalized spacial score (nSPS) is 16.4. The number of carbonyl (C=O) groups excluding carboxylic acids is 8. The first-order chi connectivity index (χ1) is 27.2. The fraction of sp³-hybridized carbons (Fsp3) is 0.763. The minimum absolute atomic E-state index is 0.0930. The Labute approximate surface area is 346 Å². The molecule has 0 aromatic rings. The topological polar surface area (TPSA) is 337 Å². The lowest BCUT2D eigenvalue weighted by Gasteiger charge is -2.30. The molecule has 8 amide bonds. The number of hydrogen-bond acceptors (Lipinski definition) is 12. The number of aliphatic carboxylic acids is 1. The van der Waals surface area contributed by atoms with Crippen LogP contribution in [-0.2, 0) is 43.2 Å². The highest BCUT2D eigenvalue weighted by Gasteiger charge is 2.36. The van der Waals surface area contributed by atoms with Gasteiger partial charge in [0.05, 0.1) is 25.3 Å². The van der Waals surface area contributed by atoms with E-state index < -0.39 is 133 Å². The monoisotopic (exact) mass is 844 g/mol. The summed E-state index contributed by atoms with van der Waals surface area (Å²) in [6, 6.07) is -8.76. The number of aliphatic hydroxyl groups excluding tert-OH is 2. The third-order valence-corrected chi connectivity index (χ3v) is 9.22. The first-order valence-electron chi connectivity index (χ1n) is 19.9.